The number of nitrogens with zero attached hydrogens (tertiary/aromatic N) is 7. The second-order valence-electron chi connectivity index (χ2n) is 7.76. The van der Waals surface area contributed by atoms with Gasteiger partial charge in [0.15, 0.2) is 0 Å². The smallest absolute Gasteiger partial charge is 0.252 e. The summed E-state index contributed by atoms with van der Waals surface area (Å²) in [5, 5.41) is 7.34. The average molecular weight is 448 g/mol. The molecule has 7 nitrogen and oxygen atoms in total. The van der Waals surface area contributed by atoms with Gasteiger partial charge in [0.1, 0.15) is 0 Å². The number of hydrazone groups is 1. The molecular formula is C21H27Cl2N7. The van der Waals surface area contributed by atoms with Gasteiger partial charge >= 0.3 is 0 Å². The van der Waals surface area contributed by atoms with Gasteiger partial charge in [-0.3, -0.25) is 0 Å². The van der Waals surface area contributed by atoms with Crippen LogP contribution in [-0.2, 0) is 0 Å². The molecule has 30 heavy (non-hydrogen) atoms. The summed E-state index contributed by atoms with van der Waals surface area (Å²) >= 11 is 12.2. The summed E-state index contributed by atoms with van der Waals surface area (Å²) in [4.78, 5) is 18.8. The van der Waals surface area contributed by atoms with E-state index in [1.165, 1.54) is 38.5 Å². The molecule has 0 aliphatic carbocycles. The molecule has 2 aliphatic rings. The molecule has 4 rings (SSSR count). The Morgan fingerprint density at radius 3 is 1.97 bits per heavy atom. The number of benzene rings is 1. The highest BCUT2D eigenvalue weighted by Gasteiger charge is 2.21. The Balaban J connectivity index is 1.61. The molecule has 0 atom stereocenters. The van der Waals surface area contributed by atoms with Gasteiger partial charge in [-0.25, -0.2) is 5.01 Å². The highest BCUT2D eigenvalue weighted by molar-refractivity contribution is 6.36. The third kappa shape index (κ3) is 5.13. The minimum Gasteiger partial charge on any atom is -0.341 e. The van der Waals surface area contributed by atoms with Crippen molar-refractivity contribution < 1.29 is 0 Å². The number of hydrogen-bond donors (Lipinski definition) is 0. The van der Waals surface area contributed by atoms with Crippen molar-refractivity contribution in [3.05, 3.63) is 33.8 Å². The van der Waals surface area contributed by atoms with Crippen LogP contribution < -0.4 is 14.8 Å². The molecule has 0 spiro atoms. The fraction of sp³-hybridized carbons (Fsp3) is 0.524. The van der Waals surface area contributed by atoms with Crippen molar-refractivity contribution in [1.29, 1.82) is 0 Å². The van der Waals surface area contributed by atoms with E-state index in [9.17, 15) is 0 Å². The van der Waals surface area contributed by atoms with Gasteiger partial charge in [-0.1, -0.05) is 29.3 Å². The average Bonchev–Trinajstić information content (AvgIpc) is 2.79. The minimum atomic E-state index is 0.535. The molecule has 9 heteroatoms. The van der Waals surface area contributed by atoms with Crippen LogP contribution in [0, 0.1) is 0 Å². The van der Waals surface area contributed by atoms with Crippen LogP contribution in [0.2, 0.25) is 10.0 Å². The van der Waals surface area contributed by atoms with Crippen molar-refractivity contribution >= 4 is 47.3 Å². The molecule has 2 saturated heterocycles. The fourth-order valence-electron chi connectivity index (χ4n) is 3.77. The maximum atomic E-state index is 6.26. The Bertz CT molecular complexity index is 857. The maximum absolute atomic E-state index is 6.26. The zero-order chi connectivity index (χ0) is 20.9. The predicted molar refractivity (Wildman–Crippen MR) is 124 cm³/mol. The lowest BCUT2D eigenvalue weighted by atomic mass is 10.1. The SMILES string of the molecule is CN(/N=C/c1ccc(Cl)cc1Cl)c1nc(N2CCCCC2)nc(N2CCCCC2)n1. The van der Waals surface area contributed by atoms with Crippen molar-refractivity contribution in [1.82, 2.24) is 15.0 Å². The van der Waals surface area contributed by atoms with E-state index in [4.69, 9.17) is 38.2 Å². The minimum absolute atomic E-state index is 0.535. The largest absolute Gasteiger partial charge is 0.341 e. The number of anilines is 3. The molecule has 1 aromatic heterocycles. The summed E-state index contributed by atoms with van der Waals surface area (Å²) in [5.41, 5.74) is 0.787. The van der Waals surface area contributed by atoms with E-state index in [2.05, 4.69) is 14.9 Å². The van der Waals surface area contributed by atoms with Gasteiger partial charge in [0.05, 0.1) is 11.2 Å². The standard InChI is InChI=1S/C21H27Cl2N7/c1-28(24-15-16-8-9-17(22)14-18(16)23)19-25-20(29-10-4-2-5-11-29)27-21(26-19)30-12-6-3-7-13-30/h8-9,14-15H,2-7,10-13H2,1H3/b24-15+. The molecule has 0 N–H and O–H groups in total. The van der Waals surface area contributed by atoms with Crippen molar-refractivity contribution in [2.75, 3.05) is 48.0 Å². The van der Waals surface area contributed by atoms with Crippen LogP contribution in [0.15, 0.2) is 23.3 Å². The van der Waals surface area contributed by atoms with E-state index in [1.807, 2.05) is 13.1 Å². The fourth-order valence-corrected chi connectivity index (χ4v) is 4.22. The van der Waals surface area contributed by atoms with Crippen LogP contribution in [0.3, 0.4) is 0 Å². The van der Waals surface area contributed by atoms with Crippen LogP contribution in [-0.4, -0.2) is 54.4 Å². The van der Waals surface area contributed by atoms with Gasteiger partial charge in [0.2, 0.25) is 11.9 Å². The summed E-state index contributed by atoms with van der Waals surface area (Å²) in [6.45, 7) is 3.93. The Morgan fingerprint density at radius 2 is 1.43 bits per heavy atom. The van der Waals surface area contributed by atoms with E-state index >= 15 is 0 Å². The van der Waals surface area contributed by atoms with Crippen molar-refractivity contribution in [3.8, 4) is 0 Å². The first-order valence-corrected chi connectivity index (χ1v) is 11.3. The molecule has 3 heterocycles. The number of halogens is 2. The lowest BCUT2D eigenvalue weighted by Crippen LogP contribution is -2.35. The highest BCUT2D eigenvalue weighted by atomic mass is 35.5. The van der Waals surface area contributed by atoms with E-state index in [0.29, 0.717) is 16.0 Å². The lowest BCUT2D eigenvalue weighted by molar-refractivity contribution is 0.555. The zero-order valence-corrected chi connectivity index (χ0v) is 18.8. The van der Waals surface area contributed by atoms with Gasteiger partial charge in [-0.05, 0) is 50.7 Å². The van der Waals surface area contributed by atoms with Gasteiger partial charge in [-0.15, -0.1) is 0 Å². The molecule has 2 fully saturated rings. The third-order valence-corrected chi connectivity index (χ3v) is 6.06. The quantitative estimate of drug-likeness (QED) is 0.491. The third-order valence-electron chi connectivity index (χ3n) is 5.50. The normalized spacial score (nSPS) is 17.6. The van der Waals surface area contributed by atoms with Crippen LogP contribution in [0.4, 0.5) is 17.8 Å². The molecule has 0 unspecified atom stereocenters. The summed E-state index contributed by atoms with van der Waals surface area (Å²) < 4.78 is 0. The summed E-state index contributed by atoms with van der Waals surface area (Å²) in [7, 11) is 1.84. The zero-order valence-electron chi connectivity index (χ0n) is 17.3. The van der Waals surface area contributed by atoms with Crippen LogP contribution in [0.5, 0.6) is 0 Å². The summed E-state index contributed by atoms with van der Waals surface area (Å²) in [5.74, 6) is 2.02. The highest BCUT2D eigenvalue weighted by Crippen LogP contribution is 2.24. The van der Waals surface area contributed by atoms with E-state index < -0.39 is 0 Å². The van der Waals surface area contributed by atoms with Crippen LogP contribution >= 0.6 is 23.2 Å². The molecule has 0 radical (unpaired) electrons. The topological polar surface area (TPSA) is 60.8 Å². The van der Waals surface area contributed by atoms with E-state index in [0.717, 1.165) is 43.6 Å². The van der Waals surface area contributed by atoms with Gasteiger partial charge in [-0.2, -0.15) is 20.1 Å². The van der Waals surface area contributed by atoms with Gasteiger partial charge in [0.25, 0.3) is 5.95 Å². The molecule has 2 aliphatic heterocycles. The number of aromatic nitrogens is 3. The first kappa shape index (κ1) is 21.1. The molecule has 0 bridgehead atoms. The molecule has 0 saturated carbocycles. The summed E-state index contributed by atoms with van der Waals surface area (Å²) in [6, 6.07) is 5.34. The summed E-state index contributed by atoms with van der Waals surface area (Å²) in [6.07, 6.45) is 8.90. The molecular weight excluding hydrogens is 421 g/mol. The molecule has 160 valence electrons. The monoisotopic (exact) mass is 447 g/mol. The van der Waals surface area contributed by atoms with Gasteiger partial charge < -0.3 is 9.80 Å². The number of piperidine rings is 2. The van der Waals surface area contributed by atoms with Crippen LogP contribution in [0.25, 0.3) is 0 Å². The Kier molecular flexibility index (Phi) is 6.89. The Hall–Kier alpha value is -2.12. The maximum Gasteiger partial charge on any atom is 0.252 e. The van der Waals surface area contributed by atoms with Crippen LogP contribution in [0.1, 0.15) is 44.1 Å². The molecule has 0 amide bonds. The van der Waals surface area contributed by atoms with E-state index in [1.54, 1.807) is 23.4 Å². The molecule has 2 aromatic rings. The number of hydrogen-bond acceptors (Lipinski definition) is 7. The van der Waals surface area contributed by atoms with Gasteiger partial charge in [0, 0.05) is 43.8 Å². The van der Waals surface area contributed by atoms with E-state index in [-0.39, 0.29) is 0 Å². The first-order valence-electron chi connectivity index (χ1n) is 10.6. The Morgan fingerprint density at radius 1 is 0.867 bits per heavy atom. The number of rotatable bonds is 5. The lowest BCUT2D eigenvalue weighted by Gasteiger charge is -2.30. The second-order valence-corrected chi connectivity index (χ2v) is 8.61. The first-order chi connectivity index (χ1) is 14.6. The van der Waals surface area contributed by atoms with Crippen molar-refractivity contribution in [2.24, 2.45) is 5.10 Å². The Labute approximate surface area is 187 Å². The molecule has 1 aromatic carbocycles. The second kappa shape index (κ2) is 9.79. The van der Waals surface area contributed by atoms with Crippen molar-refractivity contribution in [3.63, 3.8) is 0 Å². The predicted octanol–water partition coefficient (Wildman–Crippen LogP) is 4.63. The van der Waals surface area contributed by atoms with Crippen molar-refractivity contribution in [2.45, 2.75) is 38.5 Å².